The van der Waals surface area contributed by atoms with Gasteiger partial charge in [-0.2, -0.15) is 0 Å². The molecule has 0 aliphatic rings. The van der Waals surface area contributed by atoms with Crippen molar-refractivity contribution in [2.75, 3.05) is 0 Å². The molecule has 56 heavy (non-hydrogen) atoms. The maximum absolute atomic E-state index is 6.70. The number of hydrogen-bond acceptors (Lipinski definition) is 3. The van der Waals surface area contributed by atoms with E-state index >= 15 is 0 Å². The van der Waals surface area contributed by atoms with Crippen LogP contribution in [0.1, 0.15) is 0 Å². The first kappa shape index (κ1) is 28.8. The van der Waals surface area contributed by atoms with Crippen molar-refractivity contribution in [2.45, 2.75) is 0 Å². The second-order valence-corrected chi connectivity index (χ2v) is 15.0. The Hall–Kier alpha value is -7.70. The standard InChI is InChI=1S/C50H27N5O/c1-2-11-28(12-3-1)53-42-24-22-33-31-14-5-9-20-45(31)56-49(33)46(42)37-26-36-30-13-4-8-19-40(30)54(43(36)27-44(37)53)29-21-23-41-35(25-29)32-15-10-16-34-47-50(55(41)48(32)34)52-39-18-7-6-17-38(39)51-47/h1-27H. The predicted molar refractivity (Wildman–Crippen MR) is 230 cm³/mol. The molecule has 0 spiro atoms. The van der Waals surface area contributed by atoms with Gasteiger partial charge in [0.2, 0.25) is 0 Å². The van der Waals surface area contributed by atoms with Crippen molar-refractivity contribution in [3.8, 4) is 11.4 Å². The lowest BCUT2D eigenvalue weighted by Gasteiger charge is -2.10. The average Bonchev–Trinajstić information content (AvgIpc) is 4.04. The fraction of sp³-hybridized carbons (Fsp3) is 0. The Morgan fingerprint density at radius 1 is 0.393 bits per heavy atom. The van der Waals surface area contributed by atoms with Gasteiger partial charge >= 0.3 is 0 Å². The highest BCUT2D eigenvalue weighted by molar-refractivity contribution is 6.27. The van der Waals surface area contributed by atoms with Gasteiger partial charge in [0.25, 0.3) is 0 Å². The molecular weight excluding hydrogens is 687 g/mol. The van der Waals surface area contributed by atoms with Gasteiger partial charge in [0.15, 0.2) is 5.65 Å². The summed E-state index contributed by atoms with van der Waals surface area (Å²) in [6.07, 6.45) is 0. The Kier molecular flexibility index (Phi) is 5.18. The van der Waals surface area contributed by atoms with E-state index in [1.165, 1.54) is 26.9 Å². The van der Waals surface area contributed by atoms with Crippen LogP contribution < -0.4 is 0 Å². The highest BCUT2D eigenvalue weighted by atomic mass is 16.3. The lowest BCUT2D eigenvalue weighted by atomic mass is 10.1. The highest BCUT2D eigenvalue weighted by Gasteiger charge is 2.24. The van der Waals surface area contributed by atoms with Crippen molar-refractivity contribution in [1.29, 1.82) is 0 Å². The summed E-state index contributed by atoms with van der Waals surface area (Å²) in [6, 6.07) is 58.7. The maximum Gasteiger partial charge on any atom is 0.165 e. The fourth-order valence-corrected chi connectivity index (χ4v) is 9.81. The van der Waals surface area contributed by atoms with E-state index in [1.54, 1.807) is 0 Å². The third-order valence-corrected chi connectivity index (χ3v) is 12.1. The van der Waals surface area contributed by atoms with Gasteiger partial charge in [-0.05, 0) is 78.9 Å². The van der Waals surface area contributed by atoms with Gasteiger partial charge in [0, 0.05) is 54.5 Å². The van der Waals surface area contributed by atoms with Gasteiger partial charge in [-0.15, -0.1) is 0 Å². The van der Waals surface area contributed by atoms with E-state index in [0.717, 1.165) is 99.4 Å². The molecule has 0 saturated heterocycles. The zero-order valence-corrected chi connectivity index (χ0v) is 29.7. The fourth-order valence-electron chi connectivity index (χ4n) is 9.81. The molecule has 0 atom stereocenters. The summed E-state index contributed by atoms with van der Waals surface area (Å²) in [5, 5.41) is 10.5. The van der Waals surface area contributed by atoms with Crippen LogP contribution in [-0.2, 0) is 0 Å². The first-order valence-corrected chi connectivity index (χ1v) is 19.0. The number of furan rings is 1. The lowest BCUT2D eigenvalue weighted by molar-refractivity contribution is 0.673. The number of rotatable bonds is 2. The Morgan fingerprint density at radius 3 is 2.00 bits per heavy atom. The second-order valence-electron chi connectivity index (χ2n) is 15.0. The molecule has 6 aromatic heterocycles. The van der Waals surface area contributed by atoms with Gasteiger partial charge in [-0.25, -0.2) is 9.97 Å². The van der Waals surface area contributed by atoms with Gasteiger partial charge in [-0.1, -0.05) is 84.9 Å². The van der Waals surface area contributed by atoms with Crippen molar-refractivity contribution >= 4 is 115 Å². The third-order valence-electron chi connectivity index (χ3n) is 12.1. The van der Waals surface area contributed by atoms with Crippen LogP contribution in [0, 0.1) is 0 Å². The zero-order chi connectivity index (χ0) is 36.2. The first-order valence-electron chi connectivity index (χ1n) is 19.0. The molecule has 6 heterocycles. The summed E-state index contributed by atoms with van der Waals surface area (Å²) in [5.41, 5.74) is 14.6. The molecule has 0 bridgehead atoms. The van der Waals surface area contributed by atoms with Gasteiger partial charge < -0.3 is 13.6 Å². The third kappa shape index (κ3) is 3.48. The van der Waals surface area contributed by atoms with Crippen molar-refractivity contribution in [3.05, 3.63) is 164 Å². The van der Waals surface area contributed by atoms with E-state index in [9.17, 15) is 0 Å². The van der Waals surface area contributed by atoms with E-state index in [4.69, 9.17) is 14.4 Å². The normalized spacial score (nSPS) is 12.6. The van der Waals surface area contributed by atoms with Crippen LogP contribution in [0.5, 0.6) is 0 Å². The minimum atomic E-state index is 0.893. The number of para-hydroxylation sites is 6. The molecule has 6 nitrogen and oxygen atoms in total. The number of hydrogen-bond donors (Lipinski definition) is 0. The minimum Gasteiger partial charge on any atom is -0.455 e. The summed E-state index contributed by atoms with van der Waals surface area (Å²) in [6.45, 7) is 0. The monoisotopic (exact) mass is 713 g/mol. The van der Waals surface area contributed by atoms with Crippen LogP contribution in [-0.4, -0.2) is 23.5 Å². The summed E-state index contributed by atoms with van der Waals surface area (Å²) < 4.78 is 13.8. The van der Waals surface area contributed by atoms with Crippen LogP contribution in [0.3, 0.4) is 0 Å². The molecule has 0 unspecified atom stereocenters. The molecular formula is C50H27N5O. The van der Waals surface area contributed by atoms with Crippen molar-refractivity contribution in [2.24, 2.45) is 0 Å². The largest absolute Gasteiger partial charge is 0.455 e. The van der Waals surface area contributed by atoms with Gasteiger partial charge in [0.1, 0.15) is 16.7 Å². The predicted octanol–water partition coefficient (Wildman–Crippen LogP) is 12.9. The van der Waals surface area contributed by atoms with Crippen LogP contribution in [0.2, 0.25) is 0 Å². The Labute approximate surface area is 317 Å². The molecule has 0 aliphatic carbocycles. The lowest BCUT2D eigenvalue weighted by Crippen LogP contribution is -1.96. The van der Waals surface area contributed by atoms with E-state index in [2.05, 4.69) is 147 Å². The molecule has 8 aromatic carbocycles. The van der Waals surface area contributed by atoms with Gasteiger partial charge in [-0.3, -0.25) is 4.40 Å². The van der Waals surface area contributed by atoms with Gasteiger partial charge in [0.05, 0.1) is 49.5 Å². The van der Waals surface area contributed by atoms with Crippen LogP contribution in [0.15, 0.2) is 168 Å². The molecule has 0 saturated carbocycles. The first-order chi connectivity index (χ1) is 27.8. The summed E-state index contributed by atoms with van der Waals surface area (Å²) in [4.78, 5) is 10.3. The molecule has 0 aliphatic heterocycles. The molecule has 0 N–H and O–H groups in total. The van der Waals surface area contributed by atoms with E-state index in [1.807, 2.05) is 30.3 Å². The molecule has 6 heteroatoms. The molecule has 258 valence electrons. The molecule has 0 fully saturated rings. The molecule has 14 aromatic rings. The number of aromatic nitrogens is 5. The number of nitrogens with zero attached hydrogens (tertiary/aromatic N) is 5. The van der Waals surface area contributed by atoms with E-state index in [0.29, 0.717) is 0 Å². The Balaban J connectivity index is 1.10. The maximum atomic E-state index is 6.70. The number of fused-ring (bicyclic) bond motifs is 17. The van der Waals surface area contributed by atoms with E-state index in [-0.39, 0.29) is 0 Å². The van der Waals surface area contributed by atoms with Crippen LogP contribution >= 0.6 is 0 Å². The van der Waals surface area contributed by atoms with Crippen molar-refractivity contribution in [1.82, 2.24) is 23.5 Å². The van der Waals surface area contributed by atoms with E-state index < -0.39 is 0 Å². The van der Waals surface area contributed by atoms with Crippen molar-refractivity contribution < 1.29 is 4.42 Å². The minimum absolute atomic E-state index is 0.893. The summed E-state index contributed by atoms with van der Waals surface area (Å²) >= 11 is 0. The van der Waals surface area contributed by atoms with Crippen molar-refractivity contribution in [3.63, 3.8) is 0 Å². The van der Waals surface area contributed by atoms with Crippen LogP contribution in [0.25, 0.3) is 126 Å². The summed E-state index contributed by atoms with van der Waals surface area (Å²) in [5.74, 6) is 0. The topological polar surface area (TPSA) is 53.2 Å². The highest BCUT2D eigenvalue weighted by Crippen LogP contribution is 2.45. The Morgan fingerprint density at radius 2 is 1.09 bits per heavy atom. The molecule has 0 amide bonds. The second kappa shape index (κ2) is 10.1. The quantitative estimate of drug-likeness (QED) is 0.179. The zero-order valence-electron chi connectivity index (χ0n) is 29.7. The summed E-state index contributed by atoms with van der Waals surface area (Å²) in [7, 11) is 0. The smallest absolute Gasteiger partial charge is 0.165 e. The number of benzene rings is 8. The SMILES string of the molecule is c1ccc(-n2c3cc4c(cc3c3c5oc6ccccc6c5ccc32)c2ccccc2n4-c2ccc3c(c2)c2cccc4c5nc6ccccc6nc5n3c24)cc1. The Bertz CT molecular complexity index is 3990. The molecule has 14 rings (SSSR count). The van der Waals surface area contributed by atoms with Crippen LogP contribution in [0.4, 0.5) is 0 Å². The average molecular weight is 714 g/mol. The molecule has 0 radical (unpaired) electrons.